The molecule has 0 aliphatic heterocycles. The average molecular weight is 555 g/mol. The lowest BCUT2D eigenvalue weighted by Crippen LogP contribution is -2.41. The topological polar surface area (TPSA) is 171 Å². The molecule has 1 heterocycles. The first-order chi connectivity index (χ1) is 16.0. The molecule has 0 bridgehead atoms. The molecule has 0 aliphatic rings. The lowest BCUT2D eigenvalue weighted by molar-refractivity contribution is -0.123. The number of amides is 2. The summed E-state index contributed by atoms with van der Waals surface area (Å²) in [4.78, 5) is 35.9. The van der Waals surface area contributed by atoms with E-state index in [9.17, 15) is 27.0 Å². The van der Waals surface area contributed by atoms with E-state index in [-0.39, 0.29) is 29.4 Å². The van der Waals surface area contributed by atoms with Crippen molar-refractivity contribution in [3.63, 3.8) is 0 Å². The minimum Gasteiger partial charge on any atom is -0.300 e. The van der Waals surface area contributed by atoms with Gasteiger partial charge in [-0.2, -0.15) is 17.8 Å². The van der Waals surface area contributed by atoms with Crippen molar-refractivity contribution in [1.82, 2.24) is 28.9 Å². The van der Waals surface area contributed by atoms with Crippen molar-refractivity contribution in [3.05, 3.63) is 12.2 Å². The summed E-state index contributed by atoms with van der Waals surface area (Å²) in [6, 6.07) is 0. The predicted molar refractivity (Wildman–Crippen MR) is 146 cm³/mol. The molecule has 0 spiro atoms. The number of carbonyl (C=O) groups excluding carboxylic acids is 3. The van der Waals surface area contributed by atoms with Crippen molar-refractivity contribution >= 4 is 43.4 Å². The Labute approximate surface area is 217 Å². The van der Waals surface area contributed by atoms with Crippen LogP contribution in [0, 0.1) is 17.8 Å². The van der Waals surface area contributed by atoms with Crippen LogP contribution in [0.2, 0.25) is 0 Å². The Bertz CT molecular complexity index is 984. The molecule has 1 aromatic heterocycles. The highest BCUT2D eigenvalue weighted by atomic mass is 32.2. The lowest BCUT2D eigenvalue weighted by Gasteiger charge is -2.13. The van der Waals surface area contributed by atoms with E-state index in [1.165, 1.54) is 26.7 Å². The molecule has 0 saturated carbocycles. The van der Waals surface area contributed by atoms with Gasteiger partial charge >= 0.3 is 10.2 Å². The van der Waals surface area contributed by atoms with Crippen LogP contribution in [0.25, 0.3) is 0 Å². The van der Waals surface area contributed by atoms with Gasteiger partial charge in [-0.05, 0) is 12.8 Å². The van der Waals surface area contributed by atoms with Crippen molar-refractivity contribution in [2.75, 3.05) is 20.4 Å². The second kappa shape index (κ2) is 18.0. The van der Waals surface area contributed by atoms with E-state index in [2.05, 4.69) is 39.6 Å². The summed E-state index contributed by atoms with van der Waals surface area (Å²) < 4.78 is 38.1. The maximum atomic E-state index is 11.0. The van der Waals surface area contributed by atoms with Crippen molar-refractivity contribution < 1.29 is 27.0 Å². The number of hydrogen-bond acceptors (Lipinski definition) is 8. The average Bonchev–Trinajstić information content (AvgIpc) is 3.22. The van der Waals surface area contributed by atoms with Gasteiger partial charge in [0.15, 0.2) is 0 Å². The third-order valence-corrected chi connectivity index (χ3v) is 5.92. The van der Waals surface area contributed by atoms with Crippen molar-refractivity contribution in [3.8, 4) is 0 Å². The number of nitrogens with one attached hydrogen (secondary N) is 3. The standard InChI is InChI=1S/C6H14N2O3S.C6H13NO2S.C5H9N3.C5H10O/c1-5(2)6(9)7-12(10,11)8(3)4;1-5(2)6(8)7-10(3,4)9;1-4(2)5-6-3-7-8-5;1-4(2)5(3)6/h5H,1-4H3,(H,7,9);5H,3H2,1-2,4H3,(H,7,8,9);3-4H,1-2H3,(H,6,7,8);4H,1-3H3. The SMILES string of the molecule is C=S(C)(=O)NC(=O)C(C)C.CC(=O)C(C)C.CC(C)C(=O)NS(=O)(=O)N(C)C.CC(C)c1ncn[nH]1. The molecule has 2 amide bonds. The molecule has 12 nitrogen and oxygen atoms in total. The Morgan fingerprint density at radius 2 is 1.28 bits per heavy atom. The van der Waals surface area contributed by atoms with Crippen LogP contribution in [0.3, 0.4) is 0 Å². The number of aromatic amines is 1. The molecule has 1 atom stereocenters. The van der Waals surface area contributed by atoms with E-state index in [0.717, 1.165) is 10.1 Å². The molecule has 0 saturated heterocycles. The molecule has 0 fully saturated rings. The number of ketones is 1. The summed E-state index contributed by atoms with van der Waals surface area (Å²) in [7, 11) is -3.26. The van der Waals surface area contributed by atoms with Gasteiger partial charge in [-0.15, -0.1) is 0 Å². The van der Waals surface area contributed by atoms with Crippen LogP contribution < -0.4 is 9.44 Å². The smallest absolute Gasteiger partial charge is 0.300 e. The van der Waals surface area contributed by atoms with Crippen molar-refractivity contribution in [1.29, 1.82) is 0 Å². The van der Waals surface area contributed by atoms with Crippen molar-refractivity contribution in [2.24, 2.45) is 17.8 Å². The van der Waals surface area contributed by atoms with E-state index in [1.807, 2.05) is 18.6 Å². The Balaban J connectivity index is -0.000000415. The Morgan fingerprint density at radius 1 is 0.889 bits per heavy atom. The number of H-pyrrole nitrogens is 1. The molecule has 1 unspecified atom stereocenters. The molecule has 212 valence electrons. The monoisotopic (exact) mass is 554 g/mol. The fourth-order valence-electron chi connectivity index (χ4n) is 1.16. The van der Waals surface area contributed by atoms with E-state index < -0.39 is 25.8 Å². The number of rotatable bonds is 7. The molecule has 0 aromatic carbocycles. The Kier molecular flexibility index (Phi) is 19.1. The highest BCUT2D eigenvalue weighted by Gasteiger charge is 2.18. The molecule has 1 rings (SSSR count). The van der Waals surface area contributed by atoms with Crippen LogP contribution in [0.4, 0.5) is 0 Å². The Morgan fingerprint density at radius 3 is 1.44 bits per heavy atom. The predicted octanol–water partition coefficient (Wildman–Crippen LogP) is 1.74. The zero-order valence-electron chi connectivity index (χ0n) is 23.7. The maximum absolute atomic E-state index is 11.0. The summed E-state index contributed by atoms with van der Waals surface area (Å²) in [5.41, 5.74) is 0. The molecule has 14 heteroatoms. The van der Waals surface area contributed by atoms with E-state index in [4.69, 9.17) is 0 Å². The summed E-state index contributed by atoms with van der Waals surface area (Å²) in [5, 5.41) is 6.48. The van der Waals surface area contributed by atoms with Crippen LogP contribution in [0.5, 0.6) is 0 Å². The van der Waals surface area contributed by atoms with Gasteiger partial charge in [-0.25, -0.2) is 13.9 Å². The quantitative estimate of drug-likeness (QED) is 0.428. The second-order valence-electron chi connectivity index (χ2n) is 9.33. The third-order valence-electron chi connectivity index (χ3n) is 3.87. The van der Waals surface area contributed by atoms with E-state index in [0.29, 0.717) is 5.92 Å². The van der Waals surface area contributed by atoms with Gasteiger partial charge in [0.2, 0.25) is 11.8 Å². The van der Waals surface area contributed by atoms with Gasteiger partial charge in [0.1, 0.15) is 17.9 Å². The molecule has 0 aliphatic carbocycles. The fourth-order valence-corrected chi connectivity index (χ4v) is 2.49. The van der Waals surface area contributed by atoms with Crippen LogP contribution in [-0.4, -0.2) is 75.9 Å². The fraction of sp³-hybridized carbons (Fsp3) is 0.727. The zero-order chi connectivity index (χ0) is 29.4. The number of Topliss-reactive ketones (excluding diaryl/α,β-unsaturated/α-hetero) is 1. The first-order valence-corrected chi connectivity index (χ1v) is 14.9. The third kappa shape index (κ3) is 22.2. The van der Waals surface area contributed by atoms with Gasteiger partial charge in [0, 0.05) is 53.7 Å². The summed E-state index contributed by atoms with van der Waals surface area (Å²) in [6.07, 6.45) is 2.92. The normalized spacial score (nSPS) is 12.5. The van der Waals surface area contributed by atoms with Crippen LogP contribution in [0.15, 0.2) is 6.33 Å². The summed E-state index contributed by atoms with van der Waals surface area (Å²) in [6.45, 7) is 16.2. The van der Waals surface area contributed by atoms with Crippen LogP contribution in [0.1, 0.15) is 74.1 Å². The molecule has 3 N–H and O–H groups in total. The minimum absolute atomic E-state index is 0.137. The highest BCUT2D eigenvalue weighted by Crippen LogP contribution is 2.04. The number of carbonyl (C=O) groups is 3. The number of hydrogen-bond donors (Lipinski definition) is 3. The van der Waals surface area contributed by atoms with Gasteiger partial charge in [0.05, 0.1) is 0 Å². The van der Waals surface area contributed by atoms with Crippen molar-refractivity contribution in [2.45, 2.75) is 68.2 Å². The van der Waals surface area contributed by atoms with Gasteiger partial charge < -0.3 is 0 Å². The van der Waals surface area contributed by atoms with Gasteiger partial charge in [-0.3, -0.25) is 24.2 Å². The van der Waals surface area contributed by atoms with Gasteiger partial charge in [0.25, 0.3) is 0 Å². The number of nitrogens with zero attached hydrogens (tertiary/aromatic N) is 3. The molecule has 0 radical (unpaired) electrons. The summed E-state index contributed by atoms with van der Waals surface area (Å²) in [5.74, 6) is 3.98. The first kappa shape index (κ1) is 38.2. The molecular formula is C22H46N6O6S2. The molecular weight excluding hydrogens is 508 g/mol. The first-order valence-electron chi connectivity index (χ1n) is 11.3. The molecule has 36 heavy (non-hydrogen) atoms. The van der Waals surface area contributed by atoms with Gasteiger partial charge in [-0.1, -0.05) is 55.4 Å². The maximum Gasteiger partial charge on any atom is 0.303 e. The molecule has 1 aromatic rings. The lowest BCUT2D eigenvalue weighted by atomic mass is 10.1. The highest BCUT2D eigenvalue weighted by molar-refractivity contribution is 7.98. The van der Waals surface area contributed by atoms with Crippen LogP contribution in [-0.2, 0) is 34.3 Å². The second-order valence-corrected chi connectivity index (χ2v) is 13.4. The zero-order valence-corrected chi connectivity index (χ0v) is 25.3. The largest absolute Gasteiger partial charge is 0.303 e. The van der Waals surface area contributed by atoms with E-state index in [1.54, 1.807) is 34.6 Å². The summed E-state index contributed by atoms with van der Waals surface area (Å²) >= 11 is 0. The minimum atomic E-state index is -3.61. The van der Waals surface area contributed by atoms with Crippen LogP contribution >= 0.6 is 0 Å². The Hall–Kier alpha value is -2.32. The van der Waals surface area contributed by atoms with E-state index >= 15 is 0 Å². The number of aromatic nitrogens is 3.